The van der Waals surface area contributed by atoms with Gasteiger partial charge in [-0.15, -0.1) is 0 Å². The number of piperazine rings is 1. The fourth-order valence-corrected chi connectivity index (χ4v) is 2.86. The molecule has 6 nitrogen and oxygen atoms in total. The van der Waals surface area contributed by atoms with Crippen molar-refractivity contribution in [2.75, 3.05) is 39.9 Å². The van der Waals surface area contributed by atoms with E-state index in [9.17, 15) is 4.79 Å². The minimum Gasteiger partial charge on any atom is -0.493 e. The molecular formula is C17H21N3O3. The lowest BCUT2D eigenvalue weighted by atomic mass is 10.2. The SMILES string of the molecule is COc1cc(C#N)ccc1OCC(=O)N1CCN(C2CC2)CC1. The maximum Gasteiger partial charge on any atom is 0.260 e. The third-order valence-corrected chi connectivity index (χ3v) is 4.37. The standard InChI is InChI=1S/C17H21N3O3/c1-22-16-10-13(11-18)2-5-15(16)23-12-17(21)20-8-6-19(7-9-20)14-3-4-14/h2,5,10,14H,3-4,6-9,12H2,1H3. The second-order valence-corrected chi connectivity index (χ2v) is 5.91. The van der Waals surface area contributed by atoms with Crippen molar-refractivity contribution in [1.29, 1.82) is 5.26 Å². The number of ether oxygens (including phenoxy) is 2. The van der Waals surface area contributed by atoms with Gasteiger partial charge in [-0.25, -0.2) is 0 Å². The van der Waals surface area contributed by atoms with E-state index in [1.165, 1.54) is 20.0 Å². The Labute approximate surface area is 136 Å². The van der Waals surface area contributed by atoms with E-state index >= 15 is 0 Å². The normalized spacial score (nSPS) is 18.3. The molecule has 6 heteroatoms. The summed E-state index contributed by atoms with van der Waals surface area (Å²) in [7, 11) is 1.52. The topological polar surface area (TPSA) is 65.8 Å². The molecule has 0 aromatic heterocycles. The van der Waals surface area contributed by atoms with Crippen molar-refractivity contribution in [3.05, 3.63) is 23.8 Å². The molecule has 1 saturated carbocycles. The van der Waals surface area contributed by atoms with Gasteiger partial charge in [-0.05, 0) is 25.0 Å². The van der Waals surface area contributed by atoms with Crippen LogP contribution in [0.4, 0.5) is 0 Å². The summed E-state index contributed by atoms with van der Waals surface area (Å²) >= 11 is 0. The molecule has 0 unspecified atom stereocenters. The lowest BCUT2D eigenvalue weighted by Gasteiger charge is -2.34. The molecule has 1 amide bonds. The zero-order valence-electron chi connectivity index (χ0n) is 13.3. The van der Waals surface area contributed by atoms with Crippen molar-refractivity contribution < 1.29 is 14.3 Å². The van der Waals surface area contributed by atoms with E-state index in [-0.39, 0.29) is 12.5 Å². The Kier molecular flexibility index (Phi) is 4.68. The van der Waals surface area contributed by atoms with Gasteiger partial charge in [0.1, 0.15) is 0 Å². The molecule has 1 aliphatic heterocycles. The molecule has 2 fully saturated rings. The highest BCUT2D eigenvalue weighted by Gasteiger charge is 2.32. The Morgan fingerprint density at radius 1 is 1.26 bits per heavy atom. The van der Waals surface area contributed by atoms with Gasteiger partial charge in [-0.2, -0.15) is 5.26 Å². The van der Waals surface area contributed by atoms with E-state index in [0.29, 0.717) is 17.1 Å². The smallest absolute Gasteiger partial charge is 0.260 e. The molecule has 2 aliphatic rings. The summed E-state index contributed by atoms with van der Waals surface area (Å²) in [5, 5.41) is 8.89. The molecule has 0 spiro atoms. The minimum atomic E-state index is -0.00825. The molecule has 0 radical (unpaired) electrons. The number of benzene rings is 1. The van der Waals surface area contributed by atoms with Crippen molar-refractivity contribution >= 4 is 5.91 Å². The van der Waals surface area contributed by atoms with Crippen molar-refractivity contribution in [2.24, 2.45) is 0 Å². The summed E-state index contributed by atoms with van der Waals surface area (Å²) in [5.74, 6) is 0.943. The van der Waals surface area contributed by atoms with Crippen LogP contribution in [0.15, 0.2) is 18.2 Å². The molecule has 1 saturated heterocycles. The lowest BCUT2D eigenvalue weighted by Crippen LogP contribution is -2.50. The van der Waals surface area contributed by atoms with E-state index in [2.05, 4.69) is 4.90 Å². The van der Waals surface area contributed by atoms with E-state index in [0.717, 1.165) is 32.2 Å². The first-order chi connectivity index (χ1) is 11.2. The molecule has 1 heterocycles. The third kappa shape index (κ3) is 3.74. The first-order valence-electron chi connectivity index (χ1n) is 7.94. The van der Waals surface area contributed by atoms with Gasteiger partial charge in [0.25, 0.3) is 5.91 Å². The summed E-state index contributed by atoms with van der Waals surface area (Å²) in [6, 6.07) is 7.72. The predicted molar refractivity (Wildman–Crippen MR) is 84.4 cm³/mol. The van der Waals surface area contributed by atoms with E-state index in [1.807, 2.05) is 11.0 Å². The minimum absolute atomic E-state index is 0.00754. The van der Waals surface area contributed by atoms with Crippen LogP contribution in [0.2, 0.25) is 0 Å². The molecule has 0 atom stereocenters. The van der Waals surface area contributed by atoms with Gasteiger partial charge in [0.2, 0.25) is 0 Å². The number of nitriles is 1. The highest BCUT2D eigenvalue weighted by Crippen LogP contribution is 2.29. The monoisotopic (exact) mass is 315 g/mol. The van der Waals surface area contributed by atoms with Crippen LogP contribution in [0, 0.1) is 11.3 Å². The van der Waals surface area contributed by atoms with E-state index < -0.39 is 0 Å². The predicted octanol–water partition coefficient (Wildman–Crippen LogP) is 1.25. The Morgan fingerprint density at radius 2 is 2.00 bits per heavy atom. The Bertz CT molecular complexity index is 614. The number of hydrogen-bond acceptors (Lipinski definition) is 5. The second-order valence-electron chi connectivity index (χ2n) is 5.91. The van der Waals surface area contributed by atoms with Crippen molar-refractivity contribution in [3.63, 3.8) is 0 Å². The molecule has 3 rings (SSSR count). The number of hydrogen-bond donors (Lipinski definition) is 0. The molecule has 23 heavy (non-hydrogen) atoms. The number of carbonyl (C=O) groups is 1. The molecule has 1 aromatic carbocycles. The van der Waals surface area contributed by atoms with Crippen LogP contribution in [-0.4, -0.2) is 61.6 Å². The van der Waals surface area contributed by atoms with Gasteiger partial charge < -0.3 is 14.4 Å². The van der Waals surface area contributed by atoms with E-state index in [1.54, 1.807) is 18.2 Å². The average molecular weight is 315 g/mol. The summed E-state index contributed by atoms with van der Waals surface area (Å²) in [6.45, 7) is 3.44. The zero-order chi connectivity index (χ0) is 16.2. The Morgan fingerprint density at radius 3 is 2.61 bits per heavy atom. The van der Waals surface area contributed by atoms with Crippen LogP contribution >= 0.6 is 0 Å². The molecule has 0 bridgehead atoms. The fourth-order valence-electron chi connectivity index (χ4n) is 2.86. The van der Waals surface area contributed by atoms with Crippen LogP contribution < -0.4 is 9.47 Å². The van der Waals surface area contributed by atoms with Crippen LogP contribution in [0.1, 0.15) is 18.4 Å². The number of rotatable bonds is 5. The van der Waals surface area contributed by atoms with Crippen LogP contribution in [0.5, 0.6) is 11.5 Å². The highest BCUT2D eigenvalue weighted by molar-refractivity contribution is 5.78. The van der Waals surface area contributed by atoms with Gasteiger partial charge in [0, 0.05) is 38.3 Å². The van der Waals surface area contributed by atoms with Crippen LogP contribution in [-0.2, 0) is 4.79 Å². The lowest BCUT2D eigenvalue weighted by molar-refractivity contribution is -0.135. The largest absolute Gasteiger partial charge is 0.493 e. The van der Waals surface area contributed by atoms with Gasteiger partial charge in [0.15, 0.2) is 18.1 Å². The number of nitrogens with zero attached hydrogens (tertiary/aromatic N) is 3. The van der Waals surface area contributed by atoms with Crippen LogP contribution in [0.25, 0.3) is 0 Å². The van der Waals surface area contributed by atoms with Gasteiger partial charge >= 0.3 is 0 Å². The summed E-state index contributed by atoms with van der Waals surface area (Å²) in [6.07, 6.45) is 2.60. The van der Waals surface area contributed by atoms with Crippen molar-refractivity contribution in [1.82, 2.24) is 9.80 Å². The van der Waals surface area contributed by atoms with E-state index in [4.69, 9.17) is 14.7 Å². The summed E-state index contributed by atoms with van der Waals surface area (Å²) < 4.78 is 10.8. The molecule has 0 N–H and O–H groups in total. The Balaban J connectivity index is 1.52. The van der Waals surface area contributed by atoms with Crippen LogP contribution in [0.3, 0.4) is 0 Å². The maximum atomic E-state index is 12.3. The average Bonchev–Trinajstić information content (AvgIpc) is 3.44. The second kappa shape index (κ2) is 6.88. The first-order valence-corrected chi connectivity index (χ1v) is 7.94. The van der Waals surface area contributed by atoms with Gasteiger partial charge in [-0.3, -0.25) is 9.69 Å². The molecule has 122 valence electrons. The van der Waals surface area contributed by atoms with Gasteiger partial charge in [-0.1, -0.05) is 0 Å². The van der Waals surface area contributed by atoms with Crippen molar-refractivity contribution in [2.45, 2.75) is 18.9 Å². The number of methoxy groups -OCH3 is 1. The molecule has 1 aliphatic carbocycles. The maximum absolute atomic E-state index is 12.3. The Hall–Kier alpha value is -2.26. The van der Waals surface area contributed by atoms with Crippen molar-refractivity contribution in [3.8, 4) is 17.6 Å². The number of amides is 1. The first kappa shape index (κ1) is 15.6. The number of carbonyl (C=O) groups excluding carboxylic acids is 1. The zero-order valence-corrected chi connectivity index (χ0v) is 13.3. The quantitative estimate of drug-likeness (QED) is 0.818. The molecular weight excluding hydrogens is 294 g/mol. The molecule has 1 aromatic rings. The van der Waals surface area contributed by atoms with Gasteiger partial charge in [0.05, 0.1) is 18.7 Å². The summed E-state index contributed by atoms with van der Waals surface area (Å²) in [5.41, 5.74) is 0.497. The summed E-state index contributed by atoms with van der Waals surface area (Å²) in [4.78, 5) is 16.6. The highest BCUT2D eigenvalue weighted by atomic mass is 16.5. The fraction of sp³-hybridized carbons (Fsp3) is 0.529. The third-order valence-electron chi connectivity index (χ3n) is 4.37.